The van der Waals surface area contributed by atoms with Gasteiger partial charge in [-0.3, -0.25) is 9.59 Å². The van der Waals surface area contributed by atoms with Crippen LogP contribution < -0.4 is 10.6 Å². The average molecular weight is 283 g/mol. The van der Waals surface area contributed by atoms with Gasteiger partial charge in [0, 0.05) is 25.7 Å². The average Bonchev–Trinajstić information content (AvgIpc) is 2.41. The molecular weight excluding hydrogens is 268 g/mol. The lowest BCUT2D eigenvalue weighted by Crippen LogP contribution is -2.55. The highest BCUT2D eigenvalue weighted by atomic mass is 19.1. The van der Waals surface area contributed by atoms with Gasteiger partial charge in [-0.15, -0.1) is 0 Å². The molecule has 1 aromatic rings. The molecule has 108 valence electrons. The number of rotatable bonds is 2. The summed E-state index contributed by atoms with van der Waals surface area (Å²) in [6, 6.07) is 1.28. The number of halogens is 2. The molecule has 0 aliphatic carbocycles. The van der Waals surface area contributed by atoms with Crippen molar-refractivity contribution in [3.8, 4) is 0 Å². The van der Waals surface area contributed by atoms with E-state index in [4.69, 9.17) is 0 Å². The first-order valence-electron chi connectivity index (χ1n) is 6.21. The van der Waals surface area contributed by atoms with Gasteiger partial charge in [-0.25, -0.2) is 8.78 Å². The molecule has 1 atom stereocenters. The van der Waals surface area contributed by atoms with Crippen LogP contribution in [0.15, 0.2) is 12.1 Å². The second kappa shape index (κ2) is 5.44. The fraction of sp³-hybridized carbons (Fsp3) is 0.385. The third kappa shape index (κ3) is 2.43. The van der Waals surface area contributed by atoms with Crippen molar-refractivity contribution in [2.45, 2.75) is 13.0 Å². The molecule has 1 aliphatic heterocycles. The molecule has 2 N–H and O–H groups in total. The molecule has 1 aromatic carbocycles. The van der Waals surface area contributed by atoms with Crippen LogP contribution in [-0.2, 0) is 4.79 Å². The number of nitrogens with zero attached hydrogens (tertiary/aromatic N) is 1. The Morgan fingerprint density at radius 3 is 2.55 bits per heavy atom. The number of nitrogens with one attached hydrogen (secondary N) is 2. The van der Waals surface area contributed by atoms with E-state index in [1.54, 1.807) is 6.92 Å². The van der Waals surface area contributed by atoms with Crippen LogP contribution in [0, 0.1) is 11.6 Å². The summed E-state index contributed by atoms with van der Waals surface area (Å²) < 4.78 is 27.3. The van der Waals surface area contributed by atoms with Crippen molar-refractivity contribution in [1.82, 2.24) is 10.2 Å². The highest BCUT2D eigenvalue weighted by molar-refractivity contribution is 5.98. The first kappa shape index (κ1) is 14.2. The standard InChI is InChI=1S/C13H15F2N3O2/c1-7-12(19)17-3-4-18(7)13(20)8-5-9(14)11(16-2)10(15)6-8/h5-7,16H,3-4H2,1-2H3,(H,17,19). The number of anilines is 1. The Morgan fingerprint density at radius 1 is 1.40 bits per heavy atom. The summed E-state index contributed by atoms with van der Waals surface area (Å²) in [4.78, 5) is 25.1. The van der Waals surface area contributed by atoms with Gasteiger partial charge >= 0.3 is 0 Å². The first-order chi connectivity index (χ1) is 9.45. The van der Waals surface area contributed by atoms with Gasteiger partial charge in [0.25, 0.3) is 5.91 Å². The Hall–Kier alpha value is -2.18. The van der Waals surface area contributed by atoms with Gasteiger partial charge in [-0.2, -0.15) is 0 Å². The molecule has 2 rings (SSSR count). The molecule has 0 radical (unpaired) electrons. The number of hydrogen-bond acceptors (Lipinski definition) is 3. The maximum atomic E-state index is 13.7. The van der Waals surface area contributed by atoms with Crippen LogP contribution in [0.3, 0.4) is 0 Å². The SMILES string of the molecule is CNc1c(F)cc(C(=O)N2CCNC(=O)C2C)cc1F. The Kier molecular flexibility index (Phi) is 3.87. The molecule has 1 unspecified atom stereocenters. The number of benzene rings is 1. The third-order valence-electron chi connectivity index (χ3n) is 3.30. The second-order valence-electron chi connectivity index (χ2n) is 4.53. The molecule has 7 heteroatoms. The summed E-state index contributed by atoms with van der Waals surface area (Å²) in [6.45, 7) is 2.21. The van der Waals surface area contributed by atoms with E-state index in [0.29, 0.717) is 13.1 Å². The molecule has 5 nitrogen and oxygen atoms in total. The highest BCUT2D eigenvalue weighted by Crippen LogP contribution is 2.22. The van der Waals surface area contributed by atoms with Crippen LogP contribution in [0.1, 0.15) is 17.3 Å². The molecule has 0 spiro atoms. The molecule has 0 aromatic heterocycles. The number of carbonyl (C=O) groups is 2. The van der Waals surface area contributed by atoms with E-state index in [1.165, 1.54) is 11.9 Å². The van der Waals surface area contributed by atoms with Crippen molar-refractivity contribution in [2.24, 2.45) is 0 Å². The summed E-state index contributed by atoms with van der Waals surface area (Å²) in [6.07, 6.45) is 0. The molecule has 20 heavy (non-hydrogen) atoms. The number of hydrogen-bond donors (Lipinski definition) is 2. The minimum absolute atomic E-state index is 0.111. The second-order valence-corrected chi connectivity index (χ2v) is 4.53. The van der Waals surface area contributed by atoms with Crippen LogP contribution in [0.5, 0.6) is 0 Å². The zero-order valence-corrected chi connectivity index (χ0v) is 11.2. The van der Waals surface area contributed by atoms with E-state index < -0.39 is 23.6 Å². The summed E-state index contributed by atoms with van der Waals surface area (Å²) in [5, 5.41) is 5.00. The van der Waals surface area contributed by atoms with Gasteiger partial charge in [0.05, 0.1) is 0 Å². The van der Waals surface area contributed by atoms with Gasteiger partial charge in [0.1, 0.15) is 23.4 Å². The van der Waals surface area contributed by atoms with Crippen molar-refractivity contribution < 1.29 is 18.4 Å². The lowest BCUT2D eigenvalue weighted by molar-refractivity contribution is -0.127. The van der Waals surface area contributed by atoms with Crippen LogP contribution in [0.4, 0.5) is 14.5 Å². The van der Waals surface area contributed by atoms with Crippen LogP contribution >= 0.6 is 0 Å². The van der Waals surface area contributed by atoms with Gasteiger partial charge in [-0.05, 0) is 19.1 Å². The maximum absolute atomic E-state index is 13.7. The maximum Gasteiger partial charge on any atom is 0.254 e. The molecule has 0 bridgehead atoms. The largest absolute Gasteiger partial charge is 0.383 e. The summed E-state index contributed by atoms with van der Waals surface area (Å²) >= 11 is 0. The van der Waals surface area contributed by atoms with Gasteiger partial charge in [0.2, 0.25) is 5.91 Å². The minimum Gasteiger partial charge on any atom is -0.383 e. The molecule has 1 aliphatic rings. The number of carbonyl (C=O) groups excluding carboxylic acids is 2. The fourth-order valence-corrected chi connectivity index (χ4v) is 2.16. The zero-order chi connectivity index (χ0) is 14.9. The van der Waals surface area contributed by atoms with Gasteiger partial charge in [-0.1, -0.05) is 0 Å². The van der Waals surface area contributed by atoms with Crippen molar-refractivity contribution >= 4 is 17.5 Å². The predicted octanol–water partition coefficient (Wildman–Crippen LogP) is 0.967. The summed E-state index contributed by atoms with van der Waals surface area (Å²) in [7, 11) is 1.39. The minimum atomic E-state index is -0.843. The molecular formula is C13H15F2N3O2. The number of piperazine rings is 1. The van der Waals surface area contributed by atoms with E-state index in [0.717, 1.165) is 12.1 Å². The van der Waals surface area contributed by atoms with E-state index >= 15 is 0 Å². The van der Waals surface area contributed by atoms with Crippen molar-refractivity contribution in [1.29, 1.82) is 0 Å². The number of amides is 2. The van der Waals surface area contributed by atoms with Crippen LogP contribution in [0.2, 0.25) is 0 Å². The molecule has 2 amide bonds. The Balaban J connectivity index is 2.32. The van der Waals surface area contributed by atoms with E-state index in [2.05, 4.69) is 10.6 Å². The van der Waals surface area contributed by atoms with E-state index in [9.17, 15) is 18.4 Å². The summed E-state index contributed by atoms with van der Waals surface area (Å²) in [5.74, 6) is -2.53. The van der Waals surface area contributed by atoms with E-state index in [1.807, 2.05) is 0 Å². The van der Waals surface area contributed by atoms with Gasteiger partial charge < -0.3 is 15.5 Å². The molecule has 1 fully saturated rings. The van der Waals surface area contributed by atoms with Crippen LogP contribution in [0.25, 0.3) is 0 Å². The third-order valence-corrected chi connectivity index (χ3v) is 3.30. The topological polar surface area (TPSA) is 61.4 Å². The van der Waals surface area contributed by atoms with Gasteiger partial charge in [0.15, 0.2) is 0 Å². The summed E-state index contributed by atoms with van der Waals surface area (Å²) in [5.41, 5.74) is -0.397. The van der Waals surface area contributed by atoms with Crippen LogP contribution in [-0.4, -0.2) is 42.9 Å². The fourth-order valence-electron chi connectivity index (χ4n) is 2.16. The normalized spacial score (nSPS) is 18.7. The highest BCUT2D eigenvalue weighted by Gasteiger charge is 2.30. The Bertz CT molecular complexity index is 540. The predicted molar refractivity (Wildman–Crippen MR) is 69.4 cm³/mol. The Morgan fingerprint density at radius 2 is 2.00 bits per heavy atom. The smallest absolute Gasteiger partial charge is 0.254 e. The van der Waals surface area contributed by atoms with Crippen molar-refractivity contribution in [3.63, 3.8) is 0 Å². The monoisotopic (exact) mass is 283 g/mol. The molecule has 0 saturated carbocycles. The molecule has 1 saturated heterocycles. The van der Waals surface area contributed by atoms with Crippen molar-refractivity contribution in [3.05, 3.63) is 29.3 Å². The zero-order valence-electron chi connectivity index (χ0n) is 11.2. The lowest BCUT2D eigenvalue weighted by Gasteiger charge is -2.32. The lowest BCUT2D eigenvalue weighted by atomic mass is 10.1. The Labute approximate surface area is 114 Å². The van der Waals surface area contributed by atoms with Crippen molar-refractivity contribution in [2.75, 3.05) is 25.5 Å². The van der Waals surface area contributed by atoms with E-state index in [-0.39, 0.29) is 17.2 Å². The first-order valence-corrected chi connectivity index (χ1v) is 6.21. The molecule has 1 heterocycles. The quantitative estimate of drug-likeness (QED) is 0.850.